The molecule has 0 radical (unpaired) electrons. The Morgan fingerprint density at radius 3 is 2.25 bits per heavy atom. The zero-order valence-electron chi connectivity index (χ0n) is 7.64. The molecule has 0 aliphatic heterocycles. The van der Waals surface area contributed by atoms with Crippen LogP contribution >= 0.6 is 0 Å². The SMILES string of the molecule is CC(O)C(C)C[C@H](O)C=CCO. The second-order valence-electron chi connectivity index (χ2n) is 3.13. The summed E-state index contributed by atoms with van der Waals surface area (Å²) in [5.74, 6) is 0.0725. The molecule has 3 N–H and O–H groups in total. The lowest BCUT2D eigenvalue weighted by molar-refractivity contribution is 0.0968. The summed E-state index contributed by atoms with van der Waals surface area (Å²) >= 11 is 0. The highest BCUT2D eigenvalue weighted by molar-refractivity contribution is 4.89. The Morgan fingerprint density at radius 2 is 1.83 bits per heavy atom. The van der Waals surface area contributed by atoms with Gasteiger partial charge in [-0.15, -0.1) is 0 Å². The minimum Gasteiger partial charge on any atom is -0.393 e. The summed E-state index contributed by atoms with van der Waals surface area (Å²) in [6, 6.07) is 0. The molecule has 0 amide bonds. The molecule has 0 saturated carbocycles. The van der Waals surface area contributed by atoms with E-state index >= 15 is 0 Å². The van der Waals surface area contributed by atoms with Gasteiger partial charge in [0.25, 0.3) is 0 Å². The molecule has 12 heavy (non-hydrogen) atoms. The van der Waals surface area contributed by atoms with Crippen LogP contribution in [0.4, 0.5) is 0 Å². The minimum absolute atomic E-state index is 0.0554. The second kappa shape index (κ2) is 6.17. The molecule has 72 valence electrons. The Bertz CT molecular complexity index is 132. The van der Waals surface area contributed by atoms with E-state index in [0.717, 1.165) is 0 Å². The van der Waals surface area contributed by atoms with Gasteiger partial charge in [0.2, 0.25) is 0 Å². The Morgan fingerprint density at radius 1 is 1.25 bits per heavy atom. The van der Waals surface area contributed by atoms with Crippen molar-refractivity contribution in [2.24, 2.45) is 5.92 Å². The predicted molar refractivity (Wildman–Crippen MR) is 47.7 cm³/mol. The van der Waals surface area contributed by atoms with Crippen LogP contribution in [0.2, 0.25) is 0 Å². The van der Waals surface area contributed by atoms with Gasteiger partial charge in [-0.3, -0.25) is 0 Å². The standard InChI is InChI=1S/C9H18O3/c1-7(8(2)11)6-9(12)4-3-5-10/h3-4,7-12H,5-6H2,1-2H3/t7?,8?,9-/m1/s1. The molecule has 0 bridgehead atoms. The topological polar surface area (TPSA) is 60.7 Å². The first-order chi connectivity index (χ1) is 5.57. The molecule has 3 nitrogen and oxygen atoms in total. The first kappa shape index (κ1) is 11.6. The summed E-state index contributed by atoms with van der Waals surface area (Å²) < 4.78 is 0. The molecular formula is C9H18O3. The maximum atomic E-state index is 9.29. The van der Waals surface area contributed by atoms with E-state index in [9.17, 15) is 5.11 Å². The molecule has 0 aromatic rings. The maximum absolute atomic E-state index is 9.29. The third kappa shape index (κ3) is 5.29. The largest absolute Gasteiger partial charge is 0.393 e. The van der Waals surface area contributed by atoms with E-state index in [0.29, 0.717) is 6.42 Å². The molecule has 0 spiro atoms. The van der Waals surface area contributed by atoms with Crippen molar-refractivity contribution in [3.05, 3.63) is 12.2 Å². The number of aliphatic hydroxyl groups excluding tert-OH is 3. The van der Waals surface area contributed by atoms with Gasteiger partial charge < -0.3 is 15.3 Å². The molecule has 2 unspecified atom stereocenters. The van der Waals surface area contributed by atoms with Gasteiger partial charge in [-0.1, -0.05) is 19.1 Å². The van der Waals surface area contributed by atoms with Gasteiger partial charge in [0, 0.05) is 0 Å². The lowest BCUT2D eigenvalue weighted by Gasteiger charge is -2.16. The molecule has 0 aliphatic rings. The molecular weight excluding hydrogens is 156 g/mol. The highest BCUT2D eigenvalue weighted by Crippen LogP contribution is 2.11. The molecule has 0 fully saturated rings. The van der Waals surface area contributed by atoms with Gasteiger partial charge in [-0.05, 0) is 19.3 Å². The van der Waals surface area contributed by atoms with Gasteiger partial charge in [0.05, 0.1) is 18.8 Å². The van der Waals surface area contributed by atoms with Crippen LogP contribution in [0, 0.1) is 5.92 Å². The van der Waals surface area contributed by atoms with Crippen molar-refractivity contribution in [2.45, 2.75) is 32.5 Å². The van der Waals surface area contributed by atoms with Crippen molar-refractivity contribution in [1.29, 1.82) is 0 Å². The maximum Gasteiger partial charge on any atom is 0.0725 e. The number of hydrogen-bond donors (Lipinski definition) is 3. The third-order valence-corrected chi connectivity index (χ3v) is 1.90. The van der Waals surface area contributed by atoms with Crippen molar-refractivity contribution in [3.8, 4) is 0 Å². The number of aliphatic hydroxyl groups is 3. The lowest BCUT2D eigenvalue weighted by atomic mass is 9.98. The van der Waals surface area contributed by atoms with Crippen molar-refractivity contribution >= 4 is 0 Å². The third-order valence-electron chi connectivity index (χ3n) is 1.90. The first-order valence-electron chi connectivity index (χ1n) is 4.21. The van der Waals surface area contributed by atoms with Crippen LogP contribution in [0.15, 0.2) is 12.2 Å². The Kier molecular flexibility index (Phi) is 5.98. The quantitative estimate of drug-likeness (QED) is 0.525. The average molecular weight is 174 g/mol. The van der Waals surface area contributed by atoms with Crippen LogP contribution in [0.5, 0.6) is 0 Å². The average Bonchev–Trinajstić information content (AvgIpc) is 2.00. The van der Waals surface area contributed by atoms with Crippen molar-refractivity contribution in [2.75, 3.05) is 6.61 Å². The van der Waals surface area contributed by atoms with Crippen LogP contribution in [-0.4, -0.2) is 34.1 Å². The molecule has 0 aliphatic carbocycles. The zero-order valence-corrected chi connectivity index (χ0v) is 7.64. The lowest BCUT2D eigenvalue weighted by Crippen LogP contribution is -2.18. The molecule has 0 aromatic heterocycles. The smallest absolute Gasteiger partial charge is 0.0725 e. The van der Waals surface area contributed by atoms with Gasteiger partial charge in [-0.25, -0.2) is 0 Å². The van der Waals surface area contributed by atoms with Gasteiger partial charge in [0.15, 0.2) is 0 Å². The molecule has 0 aromatic carbocycles. The van der Waals surface area contributed by atoms with Crippen LogP contribution in [-0.2, 0) is 0 Å². The fourth-order valence-corrected chi connectivity index (χ4v) is 0.874. The van der Waals surface area contributed by atoms with Crippen molar-refractivity contribution < 1.29 is 15.3 Å². The van der Waals surface area contributed by atoms with E-state index in [-0.39, 0.29) is 12.5 Å². The zero-order chi connectivity index (χ0) is 9.56. The molecule has 0 rings (SSSR count). The highest BCUT2D eigenvalue weighted by Gasteiger charge is 2.11. The van der Waals surface area contributed by atoms with Gasteiger partial charge in [0.1, 0.15) is 0 Å². The van der Waals surface area contributed by atoms with E-state index in [1.165, 1.54) is 6.08 Å². The Labute approximate surface area is 73.4 Å². The molecule has 3 atom stereocenters. The van der Waals surface area contributed by atoms with E-state index in [1.807, 2.05) is 6.92 Å². The Hall–Kier alpha value is -0.380. The van der Waals surface area contributed by atoms with Crippen LogP contribution in [0.3, 0.4) is 0 Å². The Balaban J connectivity index is 3.68. The van der Waals surface area contributed by atoms with E-state index in [2.05, 4.69) is 0 Å². The van der Waals surface area contributed by atoms with E-state index < -0.39 is 12.2 Å². The van der Waals surface area contributed by atoms with Crippen LogP contribution in [0.1, 0.15) is 20.3 Å². The molecule has 0 heterocycles. The van der Waals surface area contributed by atoms with E-state index in [1.54, 1.807) is 13.0 Å². The fraction of sp³-hybridized carbons (Fsp3) is 0.778. The number of rotatable bonds is 5. The van der Waals surface area contributed by atoms with Crippen LogP contribution in [0.25, 0.3) is 0 Å². The monoisotopic (exact) mass is 174 g/mol. The summed E-state index contributed by atoms with van der Waals surface area (Å²) in [4.78, 5) is 0. The highest BCUT2D eigenvalue weighted by atomic mass is 16.3. The molecule has 3 heteroatoms. The van der Waals surface area contributed by atoms with Crippen molar-refractivity contribution in [1.82, 2.24) is 0 Å². The van der Waals surface area contributed by atoms with Crippen LogP contribution < -0.4 is 0 Å². The normalized spacial score (nSPS) is 19.4. The summed E-state index contributed by atoms with van der Waals surface area (Å²) in [6.07, 6.45) is 2.59. The summed E-state index contributed by atoms with van der Waals surface area (Å²) in [5, 5.41) is 26.8. The minimum atomic E-state index is -0.568. The van der Waals surface area contributed by atoms with Gasteiger partial charge >= 0.3 is 0 Å². The van der Waals surface area contributed by atoms with Crippen molar-refractivity contribution in [3.63, 3.8) is 0 Å². The van der Waals surface area contributed by atoms with Gasteiger partial charge in [-0.2, -0.15) is 0 Å². The molecule has 0 saturated heterocycles. The first-order valence-corrected chi connectivity index (χ1v) is 4.21. The summed E-state index contributed by atoms with van der Waals surface area (Å²) in [5.41, 5.74) is 0. The fourth-order valence-electron chi connectivity index (χ4n) is 0.874. The number of hydrogen-bond acceptors (Lipinski definition) is 3. The second-order valence-corrected chi connectivity index (χ2v) is 3.13. The summed E-state index contributed by atoms with van der Waals surface area (Å²) in [7, 11) is 0. The predicted octanol–water partition coefficient (Wildman–Crippen LogP) is 0.303. The van der Waals surface area contributed by atoms with E-state index in [4.69, 9.17) is 10.2 Å². The summed E-state index contributed by atoms with van der Waals surface area (Å²) in [6.45, 7) is 3.52.